The predicted octanol–water partition coefficient (Wildman–Crippen LogP) is 4.48. The molecule has 142 valence electrons. The molecule has 3 aromatic rings. The molecule has 0 aliphatic heterocycles. The number of halogens is 1. The molecular weight excluding hydrogens is 374 g/mol. The van der Waals surface area contributed by atoms with E-state index in [1.807, 2.05) is 78.9 Å². The van der Waals surface area contributed by atoms with Gasteiger partial charge in [-0.25, -0.2) is 5.43 Å². The van der Waals surface area contributed by atoms with E-state index in [0.29, 0.717) is 17.4 Å². The first-order valence-electron chi connectivity index (χ1n) is 8.78. The number of amides is 1. The molecule has 0 bridgehead atoms. The Kier molecular flexibility index (Phi) is 7.04. The quantitative estimate of drug-likeness (QED) is 0.438. The maximum absolute atomic E-state index is 11.9. The van der Waals surface area contributed by atoms with Gasteiger partial charge < -0.3 is 10.1 Å². The van der Waals surface area contributed by atoms with Crippen LogP contribution in [0.5, 0.6) is 5.75 Å². The third-order valence-corrected chi connectivity index (χ3v) is 4.10. The van der Waals surface area contributed by atoms with E-state index in [-0.39, 0.29) is 12.5 Å². The van der Waals surface area contributed by atoms with Gasteiger partial charge in [-0.15, -0.1) is 0 Å². The van der Waals surface area contributed by atoms with E-state index in [9.17, 15) is 4.79 Å². The van der Waals surface area contributed by atoms with Gasteiger partial charge in [0.25, 0.3) is 5.91 Å². The van der Waals surface area contributed by atoms with Crippen LogP contribution in [0, 0.1) is 0 Å². The lowest BCUT2D eigenvalue weighted by Gasteiger charge is -2.09. The zero-order valence-electron chi connectivity index (χ0n) is 15.1. The van der Waals surface area contributed by atoms with E-state index < -0.39 is 0 Å². The van der Waals surface area contributed by atoms with E-state index in [0.717, 1.165) is 16.8 Å². The number of hydrogen-bond acceptors (Lipinski definition) is 4. The van der Waals surface area contributed by atoms with Crippen molar-refractivity contribution in [2.24, 2.45) is 5.10 Å². The number of nitrogens with one attached hydrogen (secondary N) is 2. The summed E-state index contributed by atoms with van der Waals surface area (Å²) in [7, 11) is 0. The Hall–Kier alpha value is -3.31. The highest BCUT2D eigenvalue weighted by Crippen LogP contribution is 2.18. The predicted molar refractivity (Wildman–Crippen MR) is 113 cm³/mol. The lowest BCUT2D eigenvalue weighted by molar-refractivity contribution is -0.119. The maximum atomic E-state index is 11.9. The lowest BCUT2D eigenvalue weighted by Crippen LogP contribution is -2.25. The Labute approximate surface area is 169 Å². The molecule has 28 heavy (non-hydrogen) atoms. The van der Waals surface area contributed by atoms with Crippen LogP contribution in [-0.4, -0.2) is 18.7 Å². The molecule has 0 spiro atoms. The minimum absolute atomic E-state index is 0.135. The smallest absolute Gasteiger partial charge is 0.259 e. The molecule has 2 N–H and O–H groups in total. The minimum atomic E-state index is -0.236. The van der Waals surface area contributed by atoms with Crippen molar-refractivity contribution in [1.29, 1.82) is 0 Å². The van der Waals surface area contributed by atoms with Gasteiger partial charge in [0.1, 0.15) is 12.4 Å². The maximum Gasteiger partial charge on any atom is 0.259 e. The summed E-state index contributed by atoms with van der Waals surface area (Å²) < 4.78 is 5.87. The molecule has 0 saturated heterocycles. The van der Waals surface area contributed by atoms with Crippen molar-refractivity contribution < 1.29 is 9.53 Å². The van der Waals surface area contributed by atoms with E-state index in [4.69, 9.17) is 16.3 Å². The number of anilines is 1. The largest absolute Gasteiger partial charge is 0.488 e. The van der Waals surface area contributed by atoms with Crippen molar-refractivity contribution in [2.45, 2.75) is 6.61 Å². The first kappa shape index (κ1) is 19.5. The molecule has 0 aromatic heterocycles. The number of ether oxygens (including phenoxy) is 1. The standard InChI is InChI=1S/C22H20ClN3O2/c23-19-12-10-17(11-13-19)16-28-21-9-5-4-6-18(21)14-25-26-22(27)15-24-20-7-2-1-3-8-20/h1-14,24H,15-16H2,(H,26,27)/b25-14-. The number of carbonyl (C=O) groups excluding carboxylic acids is 1. The van der Waals surface area contributed by atoms with Gasteiger partial charge in [0.05, 0.1) is 12.8 Å². The number of hydrogen-bond donors (Lipinski definition) is 2. The van der Waals surface area contributed by atoms with Gasteiger partial charge in [-0.3, -0.25) is 4.79 Å². The molecule has 0 aliphatic carbocycles. The molecule has 3 rings (SSSR count). The average Bonchev–Trinajstić information content (AvgIpc) is 2.73. The summed E-state index contributed by atoms with van der Waals surface area (Å²) in [6, 6.07) is 24.5. The van der Waals surface area contributed by atoms with Gasteiger partial charge in [-0.05, 0) is 42.0 Å². The summed E-state index contributed by atoms with van der Waals surface area (Å²) in [4.78, 5) is 11.9. The normalized spacial score (nSPS) is 10.6. The molecule has 0 radical (unpaired) electrons. The summed E-state index contributed by atoms with van der Waals surface area (Å²) in [6.07, 6.45) is 1.57. The van der Waals surface area contributed by atoms with Crippen LogP contribution in [-0.2, 0) is 11.4 Å². The third-order valence-electron chi connectivity index (χ3n) is 3.85. The molecule has 0 fully saturated rings. The van der Waals surface area contributed by atoms with Gasteiger partial charge in [0.2, 0.25) is 0 Å². The second-order valence-electron chi connectivity index (χ2n) is 5.97. The summed E-state index contributed by atoms with van der Waals surface area (Å²) in [5, 5.41) is 7.73. The third kappa shape index (κ3) is 6.14. The van der Waals surface area contributed by atoms with Crippen molar-refractivity contribution in [1.82, 2.24) is 5.43 Å². The van der Waals surface area contributed by atoms with Gasteiger partial charge in [-0.2, -0.15) is 5.10 Å². The van der Waals surface area contributed by atoms with Crippen LogP contribution in [0.15, 0.2) is 84.0 Å². The Morgan fingerprint density at radius 3 is 2.46 bits per heavy atom. The highest BCUT2D eigenvalue weighted by atomic mass is 35.5. The SMILES string of the molecule is O=C(CNc1ccccc1)N/N=C\c1ccccc1OCc1ccc(Cl)cc1. The van der Waals surface area contributed by atoms with E-state index in [2.05, 4.69) is 15.8 Å². The van der Waals surface area contributed by atoms with Crippen molar-refractivity contribution in [3.05, 3.63) is 95.0 Å². The number of para-hydroxylation sites is 2. The Bertz CT molecular complexity index is 928. The molecule has 0 atom stereocenters. The minimum Gasteiger partial charge on any atom is -0.488 e. The monoisotopic (exact) mass is 393 g/mol. The summed E-state index contributed by atoms with van der Waals surface area (Å²) in [6.45, 7) is 0.547. The fourth-order valence-corrected chi connectivity index (χ4v) is 2.54. The van der Waals surface area contributed by atoms with Gasteiger partial charge in [0, 0.05) is 16.3 Å². The van der Waals surface area contributed by atoms with Crippen molar-refractivity contribution in [3.8, 4) is 5.75 Å². The van der Waals surface area contributed by atoms with Gasteiger partial charge in [-0.1, -0.05) is 54.1 Å². The number of hydrazone groups is 1. The van der Waals surface area contributed by atoms with Crippen LogP contribution >= 0.6 is 11.6 Å². The first-order chi connectivity index (χ1) is 13.7. The summed E-state index contributed by atoms with van der Waals surface area (Å²) in [5.74, 6) is 0.442. The molecule has 0 unspecified atom stereocenters. The second kappa shape index (κ2) is 10.1. The topological polar surface area (TPSA) is 62.7 Å². The summed E-state index contributed by atoms with van der Waals surface area (Å²) >= 11 is 5.90. The van der Waals surface area contributed by atoms with Crippen LogP contribution in [0.1, 0.15) is 11.1 Å². The fourth-order valence-electron chi connectivity index (χ4n) is 2.41. The summed E-state index contributed by atoms with van der Waals surface area (Å²) in [5.41, 5.74) is 5.17. The molecule has 5 nitrogen and oxygen atoms in total. The number of nitrogens with zero attached hydrogens (tertiary/aromatic N) is 1. The molecule has 0 aliphatic rings. The van der Waals surface area contributed by atoms with Crippen LogP contribution in [0.4, 0.5) is 5.69 Å². The van der Waals surface area contributed by atoms with Crippen LogP contribution in [0.2, 0.25) is 5.02 Å². The number of benzene rings is 3. The zero-order valence-corrected chi connectivity index (χ0v) is 15.9. The van der Waals surface area contributed by atoms with Crippen molar-refractivity contribution in [2.75, 3.05) is 11.9 Å². The van der Waals surface area contributed by atoms with Crippen molar-refractivity contribution in [3.63, 3.8) is 0 Å². The number of carbonyl (C=O) groups is 1. The van der Waals surface area contributed by atoms with Gasteiger partial charge >= 0.3 is 0 Å². The Morgan fingerprint density at radius 2 is 1.68 bits per heavy atom. The van der Waals surface area contributed by atoms with Crippen LogP contribution in [0.3, 0.4) is 0 Å². The second-order valence-corrected chi connectivity index (χ2v) is 6.40. The Morgan fingerprint density at radius 1 is 0.964 bits per heavy atom. The molecule has 3 aromatic carbocycles. The number of rotatable bonds is 8. The van der Waals surface area contributed by atoms with Crippen molar-refractivity contribution >= 4 is 29.4 Å². The molecule has 0 saturated carbocycles. The Balaban J connectivity index is 1.52. The molecule has 0 heterocycles. The first-order valence-corrected chi connectivity index (χ1v) is 9.15. The molecule has 6 heteroatoms. The van der Waals surface area contributed by atoms with E-state index >= 15 is 0 Å². The van der Waals surface area contributed by atoms with Crippen LogP contribution in [0.25, 0.3) is 0 Å². The van der Waals surface area contributed by atoms with Crippen LogP contribution < -0.4 is 15.5 Å². The van der Waals surface area contributed by atoms with E-state index in [1.165, 1.54) is 0 Å². The molecule has 1 amide bonds. The lowest BCUT2D eigenvalue weighted by atomic mass is 10.2. The molecular formula is C22H20ClN3O2. The average molecular weight is 394 g/mol. The highest BCUT2D eigenvalue weighted by molar-refractivity contribution is 6.30. The van der Waals surface area contributed by atoms with Gasteiger partial charge in [0.15, 0.2) is 0 Å². The van der Waals surface area contributed by atoms with E-state index in [1.54, 1.807) is 6.21 Å². The fraction of sp³-hybridized carbons (Fsp3) is 0.0909. The highest BCUT2D eigenvalue weighted by Gasteiger charge is 2.03. The zero-order chi connectivity index (χ0) is 19.6.